The maximum atomic E-state index is 13.2. The fraction of sp³-hybridized carbons (Fsp3) is 0.417. The van der Waals surface area contributed by atoms with Crippen molar-refractivity contribution in [2.24, 2.45) is 0 Å². The predicted molar refractivity (Wildman–Crippen MR) is 63.7 cm³/mol. The number of oxazole rings is 1. The van der Waals surface area contributed by atoms with Gasteiger partial charge in [0.2, 0.25) is 0 Å². The number of aromatic nitrogens is 1. The van der Waals surface area contributed by atoms with Gasteiger partial charge in [0, 0.05) is 25.1 Å². The van der Waals surface area contributed by atoms with E-state index in [1.807, 2.05) is 0 Å². The lowest BCUT2D eigenvalue weighted by Crippen LogP contribution is -2.19. The lowest BCUT2D eigenvalue weighted by atomic mass is 10.3. The molecule has 90 valence electrons. The molecule has 3 nitrogen and oxygen atoms in total. The van der Waals surface area contributed by atoms with E-state index in [2.05, 4.69) is 10.3 Å². The van der Waals surface area contributed by atoms with Gasteiger partial charge in [-0.05, 0) is 18.9 Å². The first-order chi connectivity index (χ1) is 8.22. The zero-order chi connectivity index (χ0) is 11.8. The molecular weight excluding hydrogens is 243 g/mol. The maximum absolute atomic E-state index is 13.2. The Bertz CT molecular complexity index is 512. The molecule has 2 aromatic rings. The van der Waals surface area contributed by atoms with E-state index in [4.69, 9.17) is 16.0 Å². The van der Waals surface area contributed by atoms with Crippen molar-refractivity contribution in [3.63, 3.8) is 0 Å². The van der Waals surface area contributed by atoms with E-state index in [0.717, 1.165) is 6.54 Å². The van der Waals surface area contributed by atoms with Gasteiger partial charge in [-0.3, -0.25) is 0 Å². The maximum Gasteiger partial charge on any atom is 0.196 e. The molecular formula is C12H12ClFN2O. The molecule has 0 spiro atoms. The number of fused-ring (bicyclic) bond motifs is 1. The summed E-state index contributed by atoms with van der Waals surface area (Å²) in [4.78, 5) is 4.27. The molecule has 17 heavy (non-hydrogen) atoms. The Hall–Kier alpha value is -1.13. The molecule has 1 aromatic heterocycles. The molecule has 1 aliphatic rings. The third kappa shape index (κ3) is 2.42. The normalized spacial score (nSPS) is 15.6. The minimum Gasteiger partial charge on any atom is -0.441 e. The summed E-state index contributed by atoms with van der Waals surface area (Å²) in [5.74, 6) is 0.146. The van der Waals surface area contributed by atoms with Crippen LogP contribution in [0, 0.1) is 5.82 Å². The average molecular weight is 255 g/mol. The Labute approximate surface area is 103 Å². The number of rotatable bonds is 4. The molecule has 1 heterocycles. The van der Waals surface area contributed by atoms with Crippen LogP contribution in [0.3, 0.4) is 0 Å². The molecule has 0 radical (unpaired) electrons. The Morgan fingerprint density at radius 2 is 2.29 bits per heavy atom. The second-order valence-electron chi connectivity index (χ2n) is 4.32. The molecule has 3 rings (SSSR count). The molecule has 0 saturated heterocycles. The van der Waals surface area contributed by atoms with Gasteiger partial charge >= 0.3 is 0 Å². The Kier molecular flexibility index (Phi) is 2.76. The van der Waals surface area contributed by atoms with Crippen molar-refractivity contribution in [1.82, 2.24) is 10.3 Å². The van der Waals surface area contributed by atoms with Crippen LogP contribution in [0.2, 0.25) is 5.02 Å². The molecule has 0 unspecified atom stereocenters. The highest BCUT2D eigenvalue weighted by atomic mass is 35.5. The van der Waals surface area contributed by atoms with Crippen LogP contribution in [0.15, 0.2) is 16.5 Å². The Morgan fingerprint density at radius 1 is 1.47 bits per heavy atom. The molecule has 1 aliphatic carbocycles. The van der Waals surface area contributed by atoms with E-state index in [-0.39, 0.29) is 5.02 Å². The third-order valence-electron chi connectivity index (χ3n) is 2.82. The highest BCUT2D eigenvalue weighted by Crippen LogP contribution is 2.23. The summed E-state index contributed by atoms with van der Waals surface area (Å²) < 4.78 is 18.6. The van der Waals surface area contributed by atoms with Crippen molar-refractivity contribution < 1.29 is 8.81 Å². The number of hydrogen-bond donors (Lipinski definition) is 1. The van der Waals surface area contributed by atoms with Gasteiger partial charge in [-0.25, -0.2) is 9.37 Å². The predicted octanol–water partition coefficient (Wildman–Crippen LogP) is 2.91. The van der Waals surface area contributed by atoms with Crippen molar-refractivity contribution in [2.75, 3.05) is 6.54 Å². The van der Waals surface area contributed by atoms with E-state index >= 15 is 0 Å². The molecule has 0 atom stereocenters. The summed E-state index contributed by atoms with van der Waals surface area (Å²) in [6, 6.07) is 3.45. The Balaban J connectivity index is 1.75. The van der Waals surface area contributed by atoms with Gasteiger partial charge in [-0.1, -0.05) is 11.6 Å². The lowest BCUT2D eigenvalue weighted by molar-refractivity contribution is 0.512. The van der Waals surface area contributed by atoms with E-state index in [1.165, 1.54) is 25.0 Å². The number of nitrogens with zero attached hydrogens (tertiary/aromatic N) is 1. The first-order valence-electron chi connectivity index (χ1n) is 5.70. The van der Waals surface area contributed by atoms with E-state index in [9.17, 15) is 4.39 Å². The molecule has 1 N–H and O–H groups in total. The van der Waals surface area contributed by atoms with Crippen molar-refractivity contribution in [3.8, 4) is 0 Å². The van der Waals surface area contributed by atoms with Gasteiger partial charge in [-0.15, -0.1) is 0 Å². The van der Waals surface area contributed by atoms with Crippen LogP contribution in [0.1, 0.15) is 18.7 Å². The third-order valence-corrected chi connectivity index (χ3v) is 3.11. The average Bonchev–Trinajstić information content (AvgIpc) is 3.02. The smallest absolute Gasteiger partial charge is 0.196 e. The van der Waals surface area contributed by atoms with E-state index in [1.54, 1.807) is 0 Å². The quantitative estimate of drug-likeness (QED) is 0.912. The van der Waals surface area contributed by atoms with Gasteiger partial charge in [0.15, 0.2) is 11.5 Å². The highest BCUT2D eigenvalue weighted by Gasteiger charge is 2.20. The molecule has 1 aromatic carbocycles. The van der Waals surface area contributed by atoms with Crippen LogP contribution < -0.4 is 5.32 Å². The van der Waals surface area contributed by atoms with Gasteiger partial charge in [0.1, 0.15) is 11.3 Å². The summed E-state index contributed by atoms with van der Waals surface area (Å²) in [6.07, 6.45) is 3.23. The summed E-state index contributed by atoms with van der Waals surface area (Å²) >= 11 is 5.68. The van der Waals surface area contributed by atoms with Crippen LogP contribution in [0.4, 0.5) is 4.39 Å². The zero-order valence-corrected chi connectivity index (χ0v) is 9.93. The van der Waals surface area contributed by atoms with E-state index in [0.29, 0.717) is 29.5 Å². The van der Waals surface area contributed by atoms with Crippen LogP contribution in [-0.4, -0.2) is 17.6 Å². The zero-order valence-electron chi connectivity index (χ0n) is 9.17. The van der Waals surface area contributed by atoms with Gasteiger partial charge < -0.3 is 9.73 Å². The first kappa shape index (κ1) is 11.0. The number of hydrogen-bond acceptors (Lipinski definition) is 3. The fourth-order valence-corrected chi connectivity index (χ4v) is 1.91. The summed E-state index contributed by atoms with van der Waals surface area (Å²) in [5, 5.41) is 3.45. The highest BCUT2D eigenvalue weighted by molar-refractivity contribution is 6.31. The molecule has 0 amide bonds. The summed E-state index contributed by atoms with van der Waals surface area (Å²) in [6.45, 7) is 0.841. The van der Waals surface area contributed by atoms with Gasteiger partial charge in [0.25, 0.3) is 0 Å². The second kappa shape index (κ2) is 4.27. The van der Waals surface area contributed by atoms with Crippen LogP contribution in [0.5, 0.6) is 0 Å². The topological polar surface area (TPSA) is 38.1 Å². The van der Waals surface area contributed by atoms with Crippen LogP contribution in [0.25, 0.3) is 11.1 Å². The van der Waals surface area contributed by atoms with E-state index < -0.39 is 5.82 Å². The Morgan fingerprint density at radius 3 is 3.06 bits per heavy atom. The van der Waals surface area contributed by atoms with Crippen LogP contribution >= 0.6 is 11.6 Å². The minimum atomic E-state index is -0.474. The first-order valence-corrected chi connectivity index (χ1v) is 6.08. The monoisotopic (exact) mass is 254 g/mol. The van der Waals surface area contributed by atoms with Gasteiger partial charge in [-0.2, -0.15) is 0 Å². The molecule has 0 bridgehead atoms. The standard InChI is InChI=1S/C12H12ClFN2O/c13-8-5-10-11(6-9(8)14)17-12(16-10)3-4-15-7-1-2-7/h5-7,15H,1-4H2. The number of benzene rings is 1. The minimum absolute atomic E-state index is 0.0773. The SMILES string of the molecule is Fc1cc2oc(CCNC3CC3)nc2cc1Cl. The largest absolute Gasteiger partial charge is 0.441 e. The molecule has 1 saturated carbocycles. The van der Waals surface area contributed by atoms with Crippen molar-refractivity contribution in [3.05, 3.63) is 28.9 Å². The van der Waals surface area contributed by atoms with Crippen molar-refractivity contribution in [2.45, 2.75) is 25.3 Å². The fourth-order valence-electron chi connectivity index (χ4n) is 1.75. The van der Waals surface area contributed by atoms with Gasteiger partial charge in [0.05, 0.1) is 5.02 Å². The summed E-state index contributed by atoms with van der Waals surface area (Å²) in [5.41, 5.74) is 1.06. The van der Waals surface area contributed by atoms with Crippen molar-refractivity contribution >= 4 is 22.7 Å². The number of halogens is 2. The molecule has 1 fully saturated rings. The van der Waals surface area contributed by atoms with Crippen molar-refractivity contribution in [1.29, 1.82) is 0 Å². The second-order valence-corrected chi connectivity index (χ2v) is 4.73. The lowest BCUT2D eigenvalue weighted by Gasteiger charge is -1.97. The van der Waals surface area contributed by atoms with Crippen LogP contribution in [-0.2, 0) is 6.42 Å². The summed E-state index contributed by atoms with van der Waals surface area (Å²) in [7, 11) is 0. The number of nitrogens with one attached hydrogen (secondary N) is 1. The molecule has 5 heteroatoms. The molecule has 0 aliphatic heterocycles.